The number of ether oxygens (including phenoxy) is 1. The standard InChI is InChI=1S/C20H21NO3/c1-12-7-9-17(13(2)11-12)21-20(23)14(3)24-19-6-4-5-15-16(19)8-10-18(15)22/h4-7,9,11,14H,8,10H2,1-3H3,(H,21,23). The number of fused-ring (bicyclic) bond motifs is 1. The van der Waals surface area contributed by atoms with Gasteiger partial charge in [0.05, 0.1) is 0 Å². The molecule has 0 heterocycles. The zero-order chi connectivity index (χ0) is 17.3. The molecule has 0 aliphatic heterocycles. The van der Waals surface area contributed by atoms with Crippen LogP contribution in [-0.4, -0.2) is 17.8 Å². The van der Waals surface area contributed by atoms with E-state index in [1.165, 1.54) is 0 Å². The molecule has 3 rings (SSSR count). The predicted molar refractivity (Wildman–Crippen MR) is 93.7 cm³/mol. The van der Waals surface area contributed by atoms with E-state index >= 15 is 0 Å². The Labute approximate surface area is 141 Å². The van der Waals surface area contributed by atoms with Gasteiger partial charge in [-0.2, -0.15) is 0 Å². The van der Waals surface area contributed by atoms with Crippen molar-refractivity contribution in [2.24, 2.45) is 0 Å². The first-order chi connectivity index (χ1) is 11.5. The van der Waals surface area contributed by atoms with Crippen LogP contribution in [0.2, 0.25) is 0 Å². The van der Waals surface area contributed by atoms with Crippen molar-refractivity contribution in [1.82, 2.24) is 0 Å². The van der Waals surface area contributed by atoms with Crippen molar-refractivity contribution in [3.8, 4) is 5.75 Å². The van der Waals surface area contributed by atoms with Gasteiger partial charge >= 0.3 is 0 Å². The molecule has 0 aromatic heterocycles. The quantitative estimate of drug-likeness (QED) is 0.930. The van der Waals surface area contributed by atoms with E-state index < -0.39 is 6.10 Å². The van der Waals surface area contributed by atoms with E-state index in [0.717, 1.165) is 27.9 Å². The fourth-order valence-electron chi connectivity index (χ4n) is 3.00. The van der Waals surface area contributed by atoms with Crippen molar-refractivity contribution >= 4 is 17.4 Å². The molecule has 1 N–H and O–H groups in total. The SMILES string of the molecule is Cc1ccc(NC(=O)C(C)Oc2cccc3c2CCC3=O)c(C)c1. The van der Waals surface area contributed by atoms with Crippen molar-refractivity contribution < 1.29 is 14.3 Å². The average molecular weight is 323 g/mol. The molecule has 2 aromatic carbocycles. The fraction of sp³-hybridized carbons (Fsp3) is 0.300. The molecule has 0 fully saturated rings. The number of Topliss-reactive ketones (excluding diaryl/α,β-unsaturated/α-hetero) is 1. The van der Waals surface area contributed by atoms with Crippen molar-refractivity contribution in [2.75, 3.05) is 5.32 Å². The molecule has 0 bridgehead atoms. The molecule has 2 aromatic rings. The van der Waals surface area contributed by atoms with Crippen LogP contribution in [0.3, 0.4) is 0 Å². The maximum Gasteiger partial charge on any atom is 0.265 e. The number of amides is 1. The van der Waals surface area contributed by atoms with Gasteiger partial charge in [0.25, 0.3) is 5.91 Å². The highest BCUT2D eigenvalue weighted by Crippen LogP contribution is 2.31. The topological polar surface area (TPSA) is 55.4 Å². The number of anilines is 1. The molecule has 4 nitrogen and oxygen atoms in total. The normalized spacial score (nSPS) is 14.2. The van der Waals surface area contributed by atoms with Crippen LogP contribution in [0, 0.1) is 13.8 Å². The molecule has 24 heavy (non-hydrogen) atoms. The molecule has 1 atom stereocenters. The molecule has 0 radical (unpaired) electrons. The van der Waals surface area contributed by atoms with Gasteiger partial charge < -0.3 is 10.1 Å². The van der Waals surface area contributed by atoms with Gasteiger partial charge in [-0.05, 0) is 44.9 Å². The number of benzene rings is 2. The van der Waals surface area contributed by atoms with Gasteiger partial charge in [0, 0.05) is 23.2 Å². The van der Waals surface area contributed by atoms with Gasteiger partial charge in [-0.3, -0.25) is 9.59 Å². The summed E-state index contributed by atoms with van der Waals surface area (Å²) in [6.07, 6.45) is 0.544. The maximum atomic E-state index is 12.4. The van der Waals surface area contributed by atoms with E-state index in [0.29, 0.717) is 18.6 Å². The van der Waals surface area contributed by atoms with Crippen LogP contribution in [0.4, 0.5) is 5.69 Å². The zero-order valence-corrected chi connectivity index (χ0v) is 14.2. The Balaban J connectivity index is 1.72. The van der Waals surface area contributed by atoms with Gasteiger partial charge in [0.15, 0.2) is 11.9 Å². The third-order valence-electron chi connectivity index (χ3n) is 4.35. The maximum absolute atomic E-state index is 12.4. The number of hydrogen-bond acceptors (Lipinski definition) is 3. The number of carbonyl (C=O) groups excluding carboxylic acids is 2. The molecule has 1 unspecified atom stereocenters. The Hall–Kier alpha value is -2.62. The first-order valence-corrected chi connectivity index (χ1v) is 8.15. The largest absolute Gasteiger partial charge is 0.481 e. The summed E-state index contributed by atoms with van der Waals surface area (Å²) in [5, 5.41) is 2.90. The van der Waals surface area contributed by atoms with E-state index in [4.69, 9.17) is 4.74 Å². The molecule has 4 heteroatoms. The van der Waals surface area contributed by atoms with Crippen LogP contribution < -0.4 is 10.1 Å². The minimum absolute atomic E-state index is 0.142. The highest BCUT2D eigenvalue weighted by Gasteiger charge is 2.24. The van der Waals surface area contributed by atoms with Gasteiger partial charge in [-0.1, -0.05) is 29.8 Å². The monoisotopic (exact) mass is 323 g/mol. The lowest BCUT2D eigenvalue weighted by Crippen LogP contribution is -2.30. The Kier molecular flexibility index (Phi) is 4.38. The summed E-state index contributed by atoms with van der Waals surface area (Å²) < 4.78 is 5.84. The molecule has 0 saturated heterocycles. The number of rotatable bonds is 4. The molecule has 0 saturated carbocycles. The smallest absolute Gasteiger partial charge is 0.265 e. The summed E-state index contributed by atoms with van der Waals surface area (Å²) in [6, 6.07) is 11.3. The van der Waals surface area contributed by atoms with E-state index in [-0.39, 0.29) is 11.7 Å². The Bertz CT molecular complexity index is 811. The second kappa shape index (κ2) is 6.48. The molecule has 1 aliphatic carbocycles. The second-order valence-corrected chi connectivity index (χ2v) is 6.27. The summed E-state index contributed by atoms with van der Waals surface area (Å²) in [4.78, 5) is 24.2. The first-order valence-electron chi connectivity index (χ1n) is 8.15. The van der Waals surface area contributed by atoms with Gasteiger partial charge in [-0.15, -0.1) is 0 Å². The van der Waals surface area contributed by atoms with E-state index in [1.54, 1.807) is 13.0 Å². The summed E-state index contributed by atoms with van der Waals surface area (Å²) in [5.74, 6) is 0.563. The molecule has 124 valence electrons. The van der Waals surface area contributed by atoms with Crippen molar-refractivity contribution in [1.29, 1.82) is 0 Å². The predicted octanol–water partition coefficient (Wildman–Crippen LogP) is 3.84. The molecule has 0 spiro atoms. The first kappa shape index (κ1) is 16.2. The summed E-state index contributed by atoms with van der Waals surface area (Å²) in [6.45, 7) is 5.69. The minimum Gasteiger partial charge on any atom is -0.481 e. The van der Waals surface area contributed by atoms with E-state index in [2.05, 4.69) is 5.32 Å². The van der Waals surface area contributed by atoms with Crippen LogP contribution >= 0.6 is 0 Å². The number of nitrogens with one attached hydrogen (secondary N) is 1. The average Bonchev–Trinajstić information content (AvgIpc) is 2.92. The lowest BCUT2D eigenvalue weighted by Gasteiger charge is -2.17. The van der Waals surface area contributed by atoms with Crippen LogP contribution in [0.25, 0.3) is 0 Å². The van der Waals surface area contributed by atoms with E-state index in [9.17, 15) is 9.59 Å². The van der Waals surface area contributed by atoms with Crippen LogP contribution in [0.5, 0.6) is 5.75 Å². The highest BCUT2D eigenvalue weighted by molar-refractivity contribution is 6.01. The van der Waals surface area contributed by atoms with Gasteiger partial charge in [0.2, 0.25) is 0 Å². The molecule has 1 amide bonds. The number of hydrogen-bond donors (Lipinski definition) is 1. The summed E-state index contributed by atoms with van der Waals surface area (Å²) in [5.41, 5.74) is 4.58. The van der Waals surface area contributed by atoms with Crippen LogP contribution in [0.15, 0.2) is 36.4 Å². The zero-order valence-electron chi connectivity index (χ0n) is 14.2. The van der Waals surface area contributed by atoms with Crippen LogP contribution in [-0.2, 0) is 11.2 Å². The lowest BCUT2D eigenvalue weighted by molar-refractivity contribution is -0.122. The molecular weight excluding hydrogens is 302 g/mol. The second-order valence-electron chi connectivity index (χ2n) is 6.27. The minimum atomic E-state index is -0.645. The Morgan fingerprint density at radius 3 is 2.71 bits per heavy atom. The fourth-order valence-corrected chi connectivity index (χ4v) is 3.00. The van der Waals surface area contributed by atoms with Gasteiger partial charge in [0.1, 0.15) is 5.75 Å². The number of ketones is 1. The van der Waals surface area contributed by atoms with Crippen molar-refractivity contribution in [3.63, 3.8) is 0 Å². The van der Waals surface area contributed by atoms with Crippen molar-refractivity contribution in [2.45, 2.75) is 39.7 Å². The third-order valence-corrected chi connectivity index (χ3v) is 4.35. The van der Waals surface area contributed by atoms with Crippen molar-refractivity contribution in [3.05, 3.63) is 58.7 Å². The third kappa shape index (κ3) is 3.18. The lowest BCUT2D eigenvalue weighted by atomic mass is 10.1. The highest BCUT2D eigenvalue weighted by atomic mass is 16.5. The molecular formula is C20H21NO3. The molecule has 1 aliphatic rings. The summed E-state index contributed by atoms with van der Waals surface area (Å²) >= 11 is 0. The Morgan fingerprint density at radius 2 is 1.96 bits per heavy atom. The number of aryl methyl sites for hydroxylation is 2. The van der Waals surface area contributed by atoms with Gasteiger partial charge in [-0.25, -0.2) is 0 Å². The number of carbonyl (C=O) groups is 2. The van der Waals surface area contributed by atoms with E-state index in [1.807, 2.05) is 44.2 Å². The Morgan fingerprint density at radius 1 is 1.17 bits per heavy atom. The van der Waals surface area contributed by atoms with Crippen LogP contribution in [0.1, 0.15) is 40.4 Å². The summed E-state index contributed by atoms with van der Waals surface area (Å²) in [7, 11) is 0.